The maximum absolute atomic E-state index is 12.2. The minimum absolute atomic E-state index is 0.113. The van der Waals surface area contributed by atoms with E-state index in [1.54, 1.807) is 7.11 Å². The van der Waals surface area contributed by atoms with Gasteiger partial charge in [-0.2, -0.15) is 0 Å². The lowest BCUT2D eigenvalue weighted by molar-refractivity contribution is -0.191. The maximum atomic E-state index is 12.2. The van der Waals surface area contributed by atoms with E-state index < -0.39 is 12.2 Å². The van der Waals surface area contributed by atoms with Crippen LogP contribution in [0.5, 0.6) is 0 Å². The second-order valence-electron chi connectivity index (χ2n) is 6.11. The molecule has 2 atom stereocenters. The van der Waals surface area contributed by atoms with Crippen molar-refractivity contribution in [3.63, 3.8) is 0 Å². The maximum Gasteiger partial charge on any atom is 0.236 e. The van der Waals surface area contributed by atoms with Crippen LogP contribution >= 0.6 is 0 Å². The quantitative estimate of drug-likeness (QED) is 0.699. The molecule has 1 aliphatic carbocycles. The van der Waals surface area contributed by atoms with Crippen LogP contribution in [-0.4, -0.2) is 85.1 Å². The number of nitrogens with zero attached hydrogens (tertiary/aromatic N) is 2. The molecule has 0 unspecified atom stereocenters. The summed E-state index contributed by atoms with van der Waals surface area (Å²) >= 11 is 0. The van der Waals surface area contributed by atoms with E-state index in [0.29, 0.717) is 45.5 Å². The second kappa shape index (κ2) is 6.39. The molecule has 2 fully saturated rings. The molecule has 0 radical (unpaired) electrons. The summed E-state index contributed by atoms with van der Waals surface area (Å²) in [6, 6.07) is 0. The third kappa shape index (κ3) is 2.98. The van der Waals surface area contributed by atoms with Gasteiger partial charge in [0.05, 0.1) is 25.4 Å². The molecule has 1 spiro atoms. The summed E-state index contributed by atoms with van der Waals surface area (Å²) < 4.78 is 4.99. The summed E-state index contributed by atoms with van der Waals surface area (Å²) in [5, 5.41) is 19.8. The van der Waals surface area contributed by atoms with E-state index in [9.17, 15) is 15.0 Å². The summed E-state index contributed by atoms with van der Waals surface area (Å²) in [6.07, 6.45) is 1.07. The Balaban J connectivity index is 1.77. The van der Waals surface area contributed by atoms with Crippen molar-refractivity contribution in [2.24, 2.45) is 5.41 Å². The predicted octanol–water partition coefficient (Wildman–Crippen LogP) is -0.701. The Morgan fingerprint density at radius 1 is 1.35 bits per heavy atom. The number of carbonyl (C=O) groups is 1. The molecule has 1 saturated carbocycles. The Morgan fingerprint density at radius 2 is 1.95 bits per heavy atom. The number of piperidine rings is 1. The third-order valence-corrected chi connectivity index (χ3v) is 4.90. The van der Waals surface area contributed by atoms with Gasteiger partial charge in [-0.05, 0) is 19.9 Å². The number of aliphatic hydroxyl groups is 2. The number of ether oxygens (including phenoxy) is 1. The number of hydrogen-bond donors (Lipinski definition) is 2. The van der Waals surface area contributed by atoms with Gasteiger partial charge in [-0.3, -0.25) is 9.69 Å². The molecule has 0 aromatic carbocycles. The van der Waals surface area contributed by atoms with Gasteiger partial charge >= 0.3 is 0 Å². The van der Waals surface area contributed by atoms with Crippen molar-refractivity contribution in [2.45, 2.75) is 31.5 Å². The lowest BCUT2D eigenvalue weighted by Crippen LogP contribution is -2.62. The molecule has 1 amide bonds. The molecule has 2 rings (SSSR count). The van der Waals surface area contributed by atoms with E-state index in [4.69, 9.17) is 4.74 Å². The summed E-state index contributed by atoms with van der Waals surface area (Å²) in [7, 11) is 3.55. The van der Waals surface area contributed by atoms with E-state index in [1.165, 1.54) is 0 Å². The van der Waals surface area contributed by atoms with E-state index in [1.807, 2.05) is 16.8 Å². The number of methoxy groups -OCH3 is 1. The van der Waals surface area contributed by atoms with Gasteiger partial charge in [0.15, 0.2) is 0 Å². The van der Waals surface area contributed by atoms with Gasteiger partial charge in [0.2, 0.25) is 5.91 Å². The van der Waals surface area contributed by atoms with Crippen molar-refractivity contribution in [1.29, 1.82) is 0 Å². The second-order valence-corrected chi connectivity index (χ2v) is 6.11. The Labute approximate surface area is 120 Å². The van der Waals surface area contributed by atoms with Gasteiger partial charge in [-0.15, -0.1) is 0 Å². The van der Waals surface area contributed by atoms with Crippen LogP contribution in [0.25, 0.3) is 0 Å². The summed E-state index contributed by atoms with van der Waals surface area (Å²) in [4.78, 5) is 16.0. The fraction of sp³-hybridized carbons (Fsp3) is 0.929. The lowest BCUT2D eigenvalue weighted by atomic mass is 9.58. The minimum Gasteiger partial charge on any atom is -0.392 e. The molecule has 2 aliphatic rings. The molecular formula is C14H26N2O4. The zero-order valence-corrected chi connectivity index (χ0v) is 12.4. The van der Waals surface area contributed by atoms with Gasteiger partial charge in [-0.1, -0.05) is 0 Å². The first-order valence-corrected chi connectivity index (χ1v) is 7.31. The Morgan fingerprint density at radius 3 is 2.45 bits per heavy atom. The number of hydrogen-bond acceptors (Lipinski definition) is 5. The number of carbonyl (C=O) groups excluding carboxylic acids is 1. The van der Waals surface area contributed by atoms with Crippen LogP contribution in [0.4, 0.5) is 0 Å². The van der Waals surface area contributed by atoms with Crippen LogP contribution < -0.4 is 0 Å². The van der Waals surface area contributed by atoms with Crippen molar-refractivity contribution < 1.29 is 19.7 Å². The average molecular weight is 286 g/mol. The summed E-state index contributed by atoms with van der Waals surface area (Å²) in [6.45, 7) is 3.00. The van der Waals surface area contributed by atoms with Crippen molar-refractivity contribution in [1.82, 2.24) is 9.80 Å². The molecule has 1 heterocycles. The molecule has 1 saturated heterocycles. The molecule has 116 valence electrons. The number of likely N-dealkylation sites (tertiary alicyclic amines) is 1. The van der Waals surface area contributed by atoms with Crippen LogP contribution in [-0.2, 0) is 9.53 Å². The Kier molecular flexibility index (Phi) is 5.01. The predicted molar refractivity (Wildman–Crippen MR) is 74.3 cm³/mol. The fourth-order valence-corrected chi connectivity index (χ4v) is 3.24. The highest BCUT2D eigenvalue weighted by molar-refractivity contribution is 5.78. The Hall–Kier alpha value is -0.690. The molecule has 6 heteroatoms. The van der Waals surface area contributed by atoms with Gasteiger partial charge in [0.1, 0.15) is 0 Å². The molecular weight excluding hydrogens is 260 g/mol. The normalized spacial score (nSPS) is 28.8. The first-order valence-electron chi connectivity index (χ1n) is 7.31. The van der Waals surface area contributed by atoms with Crippen LogP contribution in [0.2, 0.25) is 0 Å². The third-order valence-electron chi connectivity index (χ3n) is 4.90. The summed E-state index contributed by atoms with van der Waals surface area (Å²) in [5.74, 6) is 0.113. The van der Waals surface area contributed by atoms with Crippen molar-refractivity contribution in [3.05, 3.63) is 0 Å². The number of amides is 1. The van der Waals surface area contributed by atoms with E-state index >= 15 is 0 Å². The number of aliphatic hydroxyl groups excluding tert-OH is 2. The van der Waals surface area contributed by atoms with Gasteiger partial charge in [-0.25, -0.2) is 0 Å². The zero-order chi connectivity index (χ0) is 14.8. The highest BCUT2D eigenvalue weighted by atomic mass is 16.5. The molecule has 0 aromatic heterocycles. The van der Waals surface area contributed by atoms with Crippen molar-refractivity contribution in [3.8, 4) is 0 Å². The molecule has 2 N–H and O–H groups in total. The highest BCUT2D eigenvalue weighted by Gasteiger charge is 2.55. The molecule has 0 bridgehead atoms. The SMILES string of the molecule is COCCN(C)CC(=O)N1CCC2(CC1)[C@H](O)C[C@@H]2O. The summed E-state index contributed by atoms with van der Waals surface area (Å²) in [5.41, 5.74) is -0.348. The molecule has 1 aliphatic heterocycles. The number of likely N-dealkylation sites (N-methyl/N-ethyl adjacent to an activating group) is 1. The minimum atomic E-state index is -0.404. The van der Waals surface area contributed by atoms with Crippen LogP contribution in [0.15, 0.2) is 0 Å². The van der Waals surface area contributed by atoms with E-state index in [0.717, 1.165) is 6.54 Å². The van der Waals surface area contributed by atoms with Crippen LogP contribution in [0, 0.1) is 5.41 Å². The van der Waals surface area contributed by atoms with E-state index in [-0.39, 0.29) is 11.3 Å². The zero-order valence-electron chi connectivity index (χ0n) is 12.4. The molecule has 20 heavy (non-hydrogen) atoms. The van der Waals surface area contributed by atoms with Crippen LogP contribution in [0.1, 0.15) is 19.3 Å². The molecule has 0 aromatic rings. The average Bonchev–Trinajstić information content (AvgIpc) is 2.45. The monoisotopic (exact) mass is 286 g/mol. The van der Waals surface area contributed by atoms with Crippen molar-refractivity contribution in [2.75, 3.05) is 46.9 Å². The lowest BCUT2D eigenvalue weighted by Gasteiger charge is -2.55. The standard InChI is InChI=1S/C14H26N2O4/c1-15(7-8-20-2)10-13(19)16-5-3-14(4-6-16)11(17)9-12(14)18/h11-12,17-18H,3-10H2,1-2H3/t11-,12+. The fourth-order valence-electron chi connectivity index (χ4n) is 3.24. The van der Waals surface area contributed by atoms with Gasteiger partial charge in [0, 0.05) is 38.6 Å². The van der Waals surface area contributed by atoms with Gasteiger partial charge < -0.3 is 19.8 Å². The largest absolute Gasteiger partial charge is 0.392 e. The number of rotatable bonds is 5. The van der Waals surface area contributed by atoms with Crippen molar-refractivity contribution >= 4 is 5.91 Å². The smallest absolute Gasteiger partial charge is 0.236 e. The Bertz CT molecular complexity index is 332. The highest BCUT2D eigenvalue weighted by Crippen LogP contribution is 2.49. The molecule has 6 nitrogen and oxygen atoms in total. The topological polar surface area (TPSA) is 73.2 Å². The first-order chi connectivity index (χ1) is 9.49. The first kappa shape index (κ1) is 15.7. The van der Waals surface area contributed by atoms with E-state index in [2.05, 4.69) is 0 Å². The van der Waals surface area contributed by atoms with Gasteiger partial charge in [0.25, 0.3) is 0 Å². The van der Waals surface area contributed by atoms with Crippen LogP contribution in [0.3, 0.4) is 0 Å².